The van der Waals surface area contributed by atoms with Crippen LogP contribution >= 0.6 is 0 Å². The lowest BCUT2D eigenvalue weighted by Gasteiger charge is -2.11. The van der Waals surface area contributed by atoms with Crippen molar-refractivity contribution in [2.24, 2.45) is 0 Å². The van der Waals surface area contributed by atoms with Gasteiger partial charge in [0.2, 0.25) is 0 Å². The fourth-order valence-electron chi connectivity index (χ4n) is 3.24. The third-order valence-electron chi connectivity index (χ3n) is 4.24. The number of methoxy groups -OCH3 is 1. The predicted molar refractivity (Wildman–Crippen MR) is 96.7 cm³/mol. The minimum atomic E-state index is -0.00167. The first-order chi connectivity index (χ1) is 11.6. The van der Waals surface area contributed by atoms with E-state index in [9.17, 15) is 4.79 Å². The van der Waals surface area contributed by atoms with Crippen LogP contribution in [0.2, 0.25) is 0 Å². The standard InChI is InChI=1S/C20H21NO3/c1-5-24-18-11-7-10-17(22)19-13(2)21(14(3)20(18)19)15-8-6-9-16(12-15)23-4/h6-12H,5H2,1-4H3. The Balaban J connectivity index is 2.41. The Labute approximate surface area is 141 Å². The molecule has 0 aliphatic heterocycles. The highest BCUT2D eigenvalue weighted by Gasteiger charge is 2.18. The molecule has 0 amide bonds. The maximum atomic E-state index is 12.6. The molecular formula is C20H21NO3. The predicted octanol–water partition coefficient (Wildman–Crippen LogP) is 4.01. The summed E-state index contributed by atoms with van der Waals surface area (Å²) >= 11 is 0. The van der Waals surface area contributed by atoms with Crippen molar-refractivity contribution in [3.05, 3.63) is 64.1 Å². The van der Waals surface area contributed by atoms with Crippen molar-refractivity contribution >= 4 is 10.8 Å². The first-order valence-corrected chi connectivity index (χ1v) is 8.00. The minimum absolute atomic E-state index is 0.00167. The molecule has 0 unspecified atom stereocenters. The van der Waals surface area contributed by atoms with Gasteiger partial charge in [0.1, 0.15) is 11.5 Å². The number of ether oxygens (including phenoxy) is 2. The van der Waals surface area contributed by atoms with Gasteiger partial charge < -0.3 is 14.0 Å². The highest BCUT2D eigenvalue weighted by molar-refractivity contribution is 5.93. The van der Waals surface area contributed by atoms with Gasteiger partial charge in [0.25, 0.3) is 0 Å². The van der Waals surface area contributed by atoms with Gasteiger partial charge in [-0.2, -0.15) is 0 Å². The SMILES string of the molecule is CCOc1cccc(=O)c2c(C)n(-c3cccc(OC)c3)c(C)c12. The molecule has 0 bridgehead atoms. The zero-order chi connectivity index (χ0) is 17.3. The molecule has 0 spiro atoms. The van der Waals surface area contributed by atoms with Crippen molar-refractivity contribution < 1.29 is 9.47 Å². The highest BCUT2D eigenvalue weighted by Crippen LogP contribution is 2.33. The van der Waals surface area contributed by atoms with E-state index in [0.717, 1.165) is 34.0 Å². The summed E-state index contributed by atoms with van der Waals surface area (Å²) in [6.07, 6.45) is 0. The number of rotatable bonds is 4. The van der Waals surface area contributed by atoms with Gasteiger partial charge in [-0.3, -0.25) is 4.79 Å². The van der Waals surface area contributed by atoms with Gasteiger partial charge in [-0.25, -0.2) is 0 Å². The van der Waals surface area contributed by atoms with Crippen LogP contribution in [0.15, 0.2) is 47.3 Å². The van der Waals surface area contributed by atoms with Crippen molar-refractivity contribution in [3.63, 3.8) is 0 Å². The summed E-state index contributed by atoms with van der Waals surface area (Å²) in [4.78, 5) is 12.6. The Bertz CT molecular complexity index is 957. The van der Waals surface area contributed by atoms with Gasteiger partial charge >= 0.3 is 0 Å². The summed E-state index contributed by atoms with van der Waals surface area (Å²) in [5.41, 5.74) is 2.84. The van der Waals surface area contributed by atoms with E-state index in [0.29, 0.717) is 12.0 Å². The number of nitrogens with zero attached hydrogens (tertiary/aromatic N) is 1. The molecule has 3 aromatic rings. The molecule has 0 saturated heterocycles. The van der Waals surface area contributed by atoms with Crippen LogP contribution in [0.1, 0.15) is 18.3 Å². The fourth-order valence-corrected chi connectivity index (χ4v) is 3.24. The van der Waals surface area contributed by atoms with Gasteiger partial charge in [-0.05, 0) is 45.0 Å². The third kappa shape index (κ3) is 2.54. The number of aromatic nitrogens is 1. The lowest BCUT2D eigenvalue weighted by atomic mass is 10.2. The summed E-state index contributed by atoms with van der Waals surface area (Å²) < 4.78 is 13.2. The molecule has 0 aliphatic carbocycles. The Morgan fingerprint density at radius 3 is 2.42 bits per heavy atom. The van der Waals surface area contributed by atoms with Crippen LogP contribution in [-0.4, -0.2) is 18.3 Å². The average Bonchev–Trinajstić information content (AvgIpc) is 2.73. The molecule has 0 atom stereocenters. The van der Waals surface area contributed by atoms with E-state index in [1.807, 2.05) is 51.1 Å². The number of benzene rings is 1. The van der Waals surface area contributed by atoms with Crippen molar-refractivity contribution in [2.45, 2.75) is 20.8 Å². The molecule has 4 heteroatoms. The summed E-state index contributed by atoms with van der Waals surface area (Å²) in [6.45, 7) is 6.47. The molecule has 0 aliphatic rings. The Hall–Kier alpha value is -2.75. The third-order valence-corrected chi connectivity index (χ3v) is 4.24. The lowest BCUT2D eigenvalue weighted by molar-refractivity contribution is 0.344. The Morgan fingerprint density at radius 2 is 1.71 bits per heavy atom. The van der Waals surface area contributed by atoms with E-state index in [1.54, 1.807) is 19.2 Å². The van der Waals surface area contributed by atoms with Crippen LogP contribution in [0.5, 0.6) is 11.5 Å². The topological polar surface area (TPSA) is 40.5 Å². The van der Waals surface area contributed by atoms with Gasteiger partial charge in [0.15, 0.2) is 5.43 Å². The first-order valence-electron chi connectivity index (χ1n) is 8.00. The molecule has 124 valence electrons. The van der Waals surface area contributed by atoms with Crippen LogP contribution in [0.25, 0.3) is 16.5 Å². The second-order valence-electron chi connectivity index (χ2n) is 5.65. The molecule has 1 aromatic heterocycles. The quantitative estimate of drug-likeness (QED) is 0.728. The zero-order valence-electron chi connectivity index (χ0n) is 14.4. The maximum Gasteiger partial charge on any atom is 0.188 e. The summed E-state index contributed by atoms with van der Waals surface area (Å²) in [7, 11) is 1.65. The molecule has 0 saturated carbocycles. The van der Waals surface area contributed by atoms with Crippen molar-refractivity contribution in [1.29, 1.82) is 0 Å². The second-order valence-corrected chi connectivity index (χ2v) is 5.65. The van der Waals surface area contributed by atoms with Crippen molar-refractivity contribution in [2.75, 3.05) is 13.7 Å². The molecule has 3 rings (SSSR count). The molecule has 0 radical (unpaired) electrons. The van der Waals surface area contributed by atoms with E-state index in [4.69, 9.17) is 9.47 Å². The molecule has 0 N–H and O–H groups in total. The van der Waals surface area contributed by atoms with E-state index in [2.05, 4.69) is 4.57 Å². The number of hydrogen-bond donors (Lipinski definition) is 0. The van der Waals surface area contributed by atoms with E-state index in [1.165, 1.54) is 0 Å². The first kappa shape index (κ1) is 16.1. The van der Waals surface area contributed by atoms with Crippen LogP contribution in [0, 0.1) is 13.8 Å². The molecule has 4 nitrogen and oxygen atoms in total. The zero-order valence-corrected chi connectivity index (χ0v) is 14.4. The highest BCUT2D eigenvalue weighted by atomic mass is 16.5. The Kier molecular flexibility index (Phi) is 4.30. The number of aryl methyl sites for hydroxylation is 2. The average molecular weight is 323 g/mol. The summed E-state index contributed by atoms with van der Waals surface area (Å²) in [5, 5.41) is 1.57. The number of fused-ring (bicyclic) bond motifs is 1. The summed E-state index contributed by atoms with van der Waals surface area (Å²) in [6, 6.07) is 13.0. The monoisotopic (exact) mass is 323 g/mol. The number of hydrogen-bond acceptors (Lipinski definition) is 3. The Morgan fingerprint density at radius 1 is 1.00 bits per heavy atom. The van der Waals surface area contributed by atoms with Gasteiger partial charge in [0, 0.05) is 28.5 Å². The summed E-state index contributed by atoms with van der Waals surface area (Å²) in [5.74, 6) is 1.51. The molecular weight excluding hydrogens is 302 g/mol. The normalized spacial score (nSPS) is 10.8. The fraction of sp³-hybridized carbons (Fsp3) is 0.250. The smallest absolute Gasteiger partial charge is 0.188 e. The molecule has 0 fully saturated rings. The van der Waals surface area contributed by atoms with Gasteiger partial charge in [-0.1, -0.05) is 12.1 Å². The largest absolute Gasteiger partial charge is 0.497 e. The lowest BCUT2D eigenvalue weighted by Crippen LogP contribution is -2.01. The van der Waals surface area contributed by atoms with Crippen LogP contribution in [-0.2, 0) is 0 Å². The maximum absolute atomic E-state index is 12.6. The second kappa shape index (κ2) is 6.40. The van der Waals surface area contributed by atoms with Crippen LogP contribution < -0.4 is 14.9 Å². The molecule has 1 heterocycles. The van der Waals surface area contributed by atoms with Crippen LogP contribution in [0.3, 0.4) is 0 Å². The van der Waals surface area contributed by atoms with Crippen LogP contribution in [0.4, 0.5) is 0 Å². The van der Waals surface area contributed by atoms with E-state index >= 15 is 0 Å². The minimum Gasteiger partial charge on any atom is -0.497 e. The van der Waals surface area contributed by atoms with E-state index in [-0.39, 0.29) is 5.43 Å². The van der Waals surface area contributed by atoms with E-state index < -0.39 is 0 Å². The van der Waals surface area contributed by atoms with Gasteiger partial charge in [-0.15, -0.1) is 0 Å². The van der Waals surface area contributed by atoms with Crippen molar-refractivity contribution in [1.82, 2.24) is 4.57 Å². The molecule has 24 heavy (non-hydrogen) atoms. The van der Waals surface area contributed by atoms with Gasteiger partial charge in [0.05, 0.1) is 19.1 Å². The molecule has 2 aromatic carbocycles. The van der Waals surface area contributed by atoms with Crippen molar-refractivity contribution in [3.8, 4) is 17.2 Å².